The molecule has 0 bridgehead atoms. The van der Waals surface area contributed by atoms with Gasteiger partial charge in [-0.05, 0) is 48.6 Å². The molecule has 30 heavy (non-hydrogen) atoms. The highest BCUT2D eigenvalue weighted by molar-refractivity contribution is 5.95. The molecule has 0 radical (unpaired) electrons. The van der Waals surface area contributed by atoms with Crippen molar-refractivity contribution < 1.29 is 19.1 Å². The summed E-state index contributed by atoms with van der Waals surface area (Å²) in [5, 5.41) is 2.84. The van der Waals surface area contributed by atoms with Gasteiger partial charge < -0.3 is 15.0 Å². The van der Waals surface area contributed by atoms with Crippen molar-refractivity contribution in [1.82, 2.24) is 5.32 Å². The van der Waals surface area contributed by atoms with Gasteiger partial charge in [0, 0.05) is 18.7 Å². The number of anilines is 1. The number of hydrogen-bond donors (Lipinski definition) is 1. The van der Waals surface area contributed by atoms with Crippen LogP contribution in [0.1, 0.15) is 49.4 Å². The normalized spacial score (nSPS) is 14.5. The molecule has 0 aliphatic carbocycles. The monoisotopic (exact) mass is 408 g/mol. The van der Waals surface area contributed by atoms with E-state index in [4.69, 9.17) is 4.74 Å². The first-order valence-electron chi connectivity index (χ1n) is 10.4. The fourth-order valence-electron chi connectivity index (χ4n) is 3.49. The zero-order chi connectivity index (χ0) is 21.5. The van der Waals surface area contributed by atoms with Crippen molar-refractivity contribution in [2.24, 2.45) is 0 Å². The average Bonchev–Trinajstić information content (AvgIpc) is 3.18. The van der Waals surface area contributed by atoms with Gasteiger partial charge in [0.15, 0.2) is 6.61 Å². The summed E-state index contributed by atoms with van der Waals surface area (Å²) in [4.78, 5) is 37.7. The van der Waals surface area contributed by atoms with Gasteiger partial charge in [-0.1, -0.05) is 43.3 Å². The number of nitrogens with one attached hydrogen (secondary N) is 1. The van der Waals surface area contributed by atoms with E-state index >= 15 is 0 Å². The highest BCUT2D eigenvalue weighted by Gasteiger charge is 2.21. The maximum atomic E-state index is 12.1. The maximum absolute atomic E-state index is 12.1. The Labute approximate surface area is 177 Å². The van der Waals surface area contributed by atoms with E-state index in [0.717, 1.165) is 36.2 Å². The summed E-state index contributed by atoms with van der Waals surface area (Å²) in [6.07, 6.45) is 2.50. The SMILES string of the molecule is CCc1ccc(C(C)NC(=O)COC(=O)Cc2ccc(N3CCCC3=O)cc2)cc1. The van der Waals surface area contributed by atoms with Gasteiger partial charge in [0.25, 0.3) is 5.91 Å². The Morgan fingerprint density at radius 2 is 1.73 bits per heavy atom. The molecule has 3 rings (SSSR count). The number of aryl methyl sites for hydroxylation is 1. The molecular formula is C24H28N2O4. The van der Waals surface area contributed by atoms with Crippen LogP contribution in [-0.4, -0.2) is 30.9 Å². The minimum atomic E-state index is -0.463. The first kappa shape index (κ1) is 21.6. The molecule has 2 aromatic carbocycles. The van der Waals surface area contributed by atoms with Crippen LogP contribution in [0.25, 0.3) is 0 Å². The minimum Gasteiger partial charge on any atom is -0.455 e. The lowest BCUT2D eigenvalue weighted by Crippen LogP contribution is -2.31. The number of ether oxygens (including phenoxy) is 1. The molecule has 1 saturated heterocycles. The summed E-state index contributed by atoms with van der Waals surface area (Å²) >= 11 is 0. The van der Waals surface area contributed by atoms with Crippen molar-refractivity contribution in [1.29, 1.82) is 0 Å². The zero-order valence-electron chi connectivity index (χ0n) is 17.5. The van der Waals surface area contributed by atoms with Gasteiger partial charge in [0.1, 0.15) is 0 Å². The number of esters is 1. The van der Waals surface area contributed by atoms with Crippen molar-refractivity contribution in [3.63, 3.8) is 0 Å². The van der Waals surface area contributed by atoms with Gasteiger partial charge in [-0.2, -0.15) is 0 Å². The van der Waals surface area contributed by atoms with E-state index in [2.05, 4.69) is 12.2 Å². The second-order valence-corrected chi connectivity index (χ2v) is 7.54. The van der Waals surface area contributed by atoms with Crippen molar-refractivity contribution in [3.05, 3.63) is 65.2 Å². The lowest BCUT2D eigenvalue weighted by Gasteiger charge is -2.16. The van der Waals surface area contributed by atoms with Crippen LogP contribution in [0.2, 0.25) is 0 Å². The molecule has 1 aliphatic rings. The predicted octanol–water partition coefficient (Wildman–Crippen LogP) is 3.34. The summed E-state index contributed by atoms with van der Waals surface area (Å²) in [6, 6.07) is 15.2. The van der Waals surface area contributed by atoms with Crippen molar-refractivity contribution in [3.8, 4) is 0 Å². The first-order valence-corrected chi connectivity index (χ1v) is 10.4. The summed E-state index contributed by atoms with van der Waals surface area (Å²) in [5.41, 5.74) is 3.87. The number of carbonyl (C=O) groups excluding carboxylic acids is 3. The molecule has 2 amide bonds. The number of benzene rings is 2. The number of amides is 2. The lowest BCUT2D eigenvalue weighted by molar-refractivity contribution is -0.148. The number of nitrogens with zero attached hydrogens (tertiary/aromatic N) is 1. The Morgan fingerprint density at radius 3 is 2.33 bits per heavy atom. The predicted molar refractivity (Wildman–Crippen MR) is 115 cm³/mol. The van der Waals surface area contributed by atoms with Gasteiger partial charge in [0.2, 0.25) is 5.91 Å². The largest absolute Gasteiger partial charge is 0.455 e. The van der Waals surface area contributed by atoms with Gasteiger partial charge in [-0.15, -0.1) is 0 Å². The van der Waals surface area contributed by atoms with Crippen molar-refractivity contribution in [2.75, 3.05) is 18.1 Å². The third kappa shape index (κ3) is 5.69. The summed E-state index contributed by atoms with van der Waals surface area (Å²) in [6.45, 7) is 4.41. The molecule has 1 heterocycles. The molecule has 158 valence electrons. The van der Waals surface area contributed by atoms with E-state index in [1.54, 1.807) is 4.90 Å². The smallest absolute Gasteiger partial charge is 0.310 e. The van der Waals surface area contributed by atoms with E-state index in [9.17, 15) is 14.4 Å². The average molecular weight is 408 g/mol. The summed E-state index contributed by atoms with van der Waals surface area (Å²) in [5.74, 6) is -0.669. The Morgan fingerprint density at radius 1 is 1.07 bits per heavy atom. The molecule has 1 fully saturated rings. The zero-order valence-corrected chi connectivity index (χ0v) is 17.5. The third-order valence-corrected chi connectivity index (χ3v) is 5.30. The van der Waals surface area contributed by atoms with Crippen molar-refractivity contribution >= 4 is 23.5 Å². The fraction of sp³-hybridized carbons (Fsp3) is 0.375. The van der Waals surface area contributed by atoms with Crippen LogP contribution in [-0.2, 0) is 32.0 Å². The Hall–Kier alpha value is -3.15. The second kappa shape index (κ2) is 10.1. The van der Waals surface area contributed by atoms with Gasteiger partial charge in [-0.25, -0.2) is 0 Å². The topological polar surface area (TPSA) is 75.7 Å². The quantitative estimate of drug-likeness (QED) is 0.680. The van der Waals surface area contributed by atoms with Crippen LogP contribution >= 0.6 is 0 Å². The van der Waals surface area contributed by atoms with Crippen LogP contribution < -0.4 is 10.2 Å². The van der Waals surface area contributed by atoms with E-state index in [-0.39, 0.29) is 30.9 Å². The van der Waals surface area contributed by atoms with Crippen LogP contribution in [0, 0.1) is 0 Å². The highest BCUT2D eigenvalue weighted by Crippen LogP contribution is 2.21. The summed E-state index contributed by atoms with van der Waals surface area (Å²) < 4.78 is 5.11. The number of hydrogen-bond acceptors (Lipinski definition) is 4. The molecule has 2 aromatic rings. The first-order chi connectivity index (χ1) is 14.5. The third-order valence-electron chi connectivity index (χ3n) is 5.30. The van der Waals surface area contributed by atoms with E-state index < -0.39 is 5.97 Å². The molecule has 0 saturated carbocycles. The molecule has 1 atom stereocenters. The van der Waals surface area contributed by atoms with Crippen LogP contribution in [0.5, 0.6) is 0 Å². The van der Waals surface area contributed by atoms with Crippen molar-refractivity contribution in [2.45, 2.75) is 45.6 Å². The highest BCUT2D eigenvalue weighted by atomic mass is 16.5. The number of rotatable bonds is 8. The molecule has 1 aliphatic heterocycles. The fourth-order valence-corrected chi connectivity index (χ4v) is 3.49. The molecule has 1 unspecified atom stereocenters. The lowest BCUT2D eigenvalue weighted by atomic mass is 10.1. The second-order valence-electron chi connectivity index (χ2n) is 7.54. The summed E-state index contributed by atoms with van der Waals surface area (Å²) in [7, 11) is 0. The standard InChI is InChI=1S/C24H28N2O4/c1-3-18-6-10-20(11-7-18)17(2)25-22(27)16-30-24(29)15-19-8-12-21(13-9-19)26-14-4-5-23(26)28/h6-13,17H,3-5,14-16H2,1-2H3,(H,25,27). The van der Waals surface area contributed by atoms with Crippen LogP contribution in [0.4, 0.5) is 5.69 Å². The van der Waals surface area contributed by atoms with E-state index in [0.29, 0.717) is 6.42 Å². The Balaban J connectivity index is 1.43. The molecular weight excluding hydrogens is 380 g/mol. The number of carbonyl (C=O) groups is 3. The maximum Gasteiger partial charge on any atom is 0.310 e. The van der Waals surface area contributed by atoms with E-state index in [1.807, 2.05) is 55.5 Å². The van der Waals surface area contributed by atoms with E-state index in [1.165, 1.54) is 5.56 Å². The van der Waals surface area contributed by atoms with Gasteiger partial charge >= 0.3 is 5.97 Å². The molecule has 0 spiro atoms. The molecule has 1 N–H and O–H groups in total. The Kier molecular flexibility index (Phi) is 7.22. The van der Waals surface area contributed by atoms with Gasteiger partial charge in [0.05, 0.1) is 12.5 Å². The minimum absolute atomic E-state index is 0.0789. The van der Waals surface area contributed by atoms with Crippen LogP contribution in [0.15, 0.2) is 48.5 Å². The van der Waals surface area contributed by atoms with Gasteiger partial charge in [-0.3, -0.25) is 14.4 Å². The molecule has 6 heteroatoms. The molecule has 6 nitrogen and oxygen atoms in total. The molecule has 0 aromatic heterocycles. The van der Waals surface area contributed by atoms with Crippen LogP contribution in [0.3, 0.4) is 0 Å². The Bertz CT molecular complexity index is 890.